The lowest BCUT2D eigenvalue weighted by Gasteiger charge is -2.21. The van der Waals surface area contributed by atoms with Crippen LogP contribution in [0.5, 0.6) is 0 Å². The van der Waals surface area contributed by atoms with Crippen LogP contribution in [0.3, 0.4) is 0 Å². The molecule has 1 aromatic heterocycles. The SMILES string of the molecule is CCN(Cc1nc(-c2cccc(C)c2)no1)C(=O)c1ccc(C(C)(C)C)cc1. The summed E-state index contributed by atoms with van der Waals surface area (Å²) >= 11 is 0. The number of nitrogens with zero attached hydrogens (tertiary/aromatic N) is 3. The molecule has 0 bridgehead atoms. The normalized spacial score (nSPS) is 11.5. The van der Waals surface area contributed by atoms with Gasteiger partial charge in [-0.15, -0.1) is 0 Å². The van der Waals surface area contributed by atoms with Crippen molar-refractivity contribution >= 4 is 5.91 Å². The molecule has 0 atom stereocenters. The molecule has 1 heterocycles. The summed E-state index contributed by atoms with van der Waals surface area (Å²) in [5.41, 5.74) is 3.96. The van der Waals surface area contributed by atoms with Crippen molar-refractivity contribution in [2.45, 2.75) is 46.6 Å². The third-order valence-electron chi connectivity index (χ3n) is 4.74. The summed E-state index contributed by atoms with van der Waals surface area (Å²) in [6.07, 6.45) is 0. The van der Waals surface area contributed by atoms with Gasteiger partial charge in [0.05, 0.1) is 0 Å². The van der Waals surface area contributed by atoms with Gasteiger partial charge in [0.25, 0.3) is 5.91 Å². The Morgan fingerprint density at radius 1 is 1.11 bits per heavy atom. The van der Waals surface area contributed by atoms with Crippen molar-refractivity contribution in [3.63, 3.8) is 0 Å². The molecule has 1 amide bonds. The highest BCUT2D eigenvalue weighted by molar-refractivity contribution is 5.94. The third kappa shape index (κ3) is 4.47. The van der Waals surface area contributed by atoms with Crippen molar-refractivity contribution in [3.05, 3.63) is 71.1 Å². The molecule has 2 aromatic carbocycles. The highest BCUT2D eigenvalue weighted by Gasteiger charge is 2.20. The van der Waals surface area contributed by atoms with E-state index in [9.17, 15) is 4.79 Å². The Kier molecular flexibility index (Phi) is 5.63. The highest BCUT2D eigenvalue weighted by atomic mass is 16.5. The number of amides is 1. The molecule has 0 aliphatic rings. The molecule has 0 saturated carbocycles. The molecule has 3 rings (SSSR count). The van der Waals surface area contributed by atoms with Gasteiger partial charge in [-0.25, -0.2) is 0 Å². The molecule has 5 heteroatoms. The number of benzene rings is 2. The van der Waals surface area contributed by atoms with Gasteiger partial charge in [0.15, 0.2) is 0 Å². The maximum atomic E-state index is 12.9. The first-order chi connectivity index (χ1) is 13.3. The topological polar surface area (TPSA) is 59.2 Å². The van der Waals surface area contributed by atoms with Crippen LogP contribution in [-0.2, 0) is 12.0 Å². The maximum absolute atomic E-state index is 12.9. The number of aromatic nitrogens is 2. The molecule has 0 unspecified atom stereocenters. The van der Waals surface area contributed by atoms with Gasteiger partial charge < -0.3 is 9.42 Å². The van der Waals surface area contributed by atoms with Crippen LogP contribution in [0.4, 0.5) is 0 Å². The minimum Gasteiger partial charge on any atom is -0.337 e. The number of hydrogen-bond donors (Lipinski definition) is 0. The Morgan fingerprint density at radius 3 is 2.43 bits per heavy atom. The second-order valence-electron chi connectivity index (χ2n) is 8.03. The molecule has 0 aliphatic carbocycles. The van der Waals surface area contributed by atoms with E-state index in [0.717, 1.165) is 11.1 Å². The average Bonchev–Trinajstić information content (AvgIpc) is 3.14. The van der Waals surface area contributed by atoms with E-state index in [0.29, 0.717) is 23.8 Å². The smallest absolute Gasteiger partial charge is 0.254 e. The van der Waals surface area contributed by atoms with Crippen molar-refractivity contribution in [3.8, 4) is 11.4 Å². The highest BCUT2D eigenvalue weighted by Crippen LogP contribution is 2.23. The van der Waals surface area contributed by atoms with E-state index in [1.165, 1.54) is 5.56 Å². The number of carbonyl (C=O) groups is 1. The van der Waals surface area contributed by atoms with Crippen LogP contribution in [0, 0.1) is 6.92 Å². The van der Waals surface area contributed by atoms with Crippen molar-refractivity contribution in [1.29, 1.82) is 0 Å². The number of rotatable bonds is 5. The lowest BCUT2D eigenvalue weighted by Crippen LogP contribution is -2.30. The van der Waals surface area contributed by atoms with Gasteiger partial charge in [0.2, 0.25) is 11.7 Å². The zero-order valence-corrected chi connectivity index (χ0v) is 17.2. The van der Waals surface area contributed by atoms with Gasteiger partial charge in [0.1, 0.15) is 6.54 Å². The molecule has 5 nitrogen and oxygen atoms in total. The summed E-state index contributed by atoms with van der Waals surface area (Å²) in [7, 11) is 0. The number of hydrogen-bond acceptors (Lipinski definition) is 4. The van der Waals surface area contributed by atoms with E-state index in [1.54, 1.807) is 4.90 Å². The summed E-state index contributed by atoms with van der Waals surface area (Å²) in [6.45, 7) is 11.3. The van der Waals surface area contributed by atoms with Gasteiger partial charge in [-0.3, -0.25) is 4.79 Å². The molecule has 3 aromatic rings. The van der Waals surface area contributed by atoms with Gasteiger partial charge >= 0.3 is 0 Å². The monoisotopic (exact) mass is 377 g/mol. The minimum atomic E-state index is -0.0433. The third-order valence-corrected chi connectivity index (χ3v) is 4.74. The second kappa shape index (κ2) is 7.97. The summed E-state index contributed by atoms with van der Waals surface area (Å²) in [4.78, 5) is 19.1. The van der Waals surface area contributed by atoms with Crippen LogP contribution < -0.4 is 0 Å². The predicted molar refractivity (Wildman–Crippen MR) is 110 cm³/mol. The van der Waals surface area contributed by atoms with Crippen LogP contribution >= 0.6 is 0 Å². The Morgan fingerprint density at radius 2 is 1.82 bits per heavy atom. The summed E-state index contributed by atoms with van der Waals surface area (Å²) in [5.74, 6) is 0.924. The van der Waals surface area contributed by atoms with Gasteiger partial charge in [-0.2, -0.15) is 4.98 Å². The van der Waals surface area contributed by atoms with E-state index in [-0.39, 0.29) is 17.9 Å². The summed E-state index contributed by atoms with van der Waals surface area (Å²) in [5, 5.41) is 4.06. The zero-order valence-electron chi connectivity index (χ0n) is 17.2. The first kappa shape index (κ1) is 19.8. The van der Waals surface area contributed by atoms with Crippen molar-refractivity contribution in [2.24, 2.45) is 0 Å². The number of carbonyl (C=O) groups excluding carboxylic acids is 1. The first-order valence-electron chi connectivity index (χ1n) is 9.57. The maximum Gasteiger partial charge on any atom is 0.254 e. The Balaban J connectivity index is 1.74. The van der Waals surface area contributed by atoms with Crippen LogP contribution in [0.25, 0.3) is 11.4 Å². The largest absolute Gasteiger partial charge is 0.337 e. The molecular formula is C23H27N3O2. The quantitative estimate of drug-likeness (QED) is 0.627. The molecule has 0 fully saturated rings. The Hall–Kier alpha value is -2.95. The van der Waals surface area contributed by atoms with Crippen molar-refractivity contribution < 1.29 is 9.32 Å². The zero-order chi connectivity index (χ0) is 20.3. The number of aryl methyl sites for hydroxylation is 1. The fourth-order valence-corrected chi connectivity index (χ4v) is 3.01. The minimum absolute atomic E-state index is 0.0433. The molecule has 0 N–H and O–H groups in total. The van der Waals surface area contributed by atoms with E-state index in [2.05, 4.69) is 30.9 Å². The Labute approximate surface area is 166 Å². The fraction of sp³-hybridized carbons (Fsp3) is 0.348. The molecule has 28 heavy (non-hydrogen) atoms. The van der Waals surface area contributed by atoms with E-state index in [4.69, 9.17) is 4.52 Å². The summed E-state index contributed by atoms with van der Waals surface area (Å²) in [6, 6.07) is 15.7. The summed E-state index contributed by atoms with van der Waals surface area (Å²) < 4.78 is 5.39. The lowest BCUT2D eigenvalue weighted by molar-refractivity contribution is 0.0734. The molecule has 146 valence electrons. The van der Waals surface area contributed by atoms with Crippen LogP contribution in [0.1, 0.15) is 55.1 Å². The van der Waals surface area contributed by atoms with E-state index >= 15 is 0 Å². The van der Waals surface area contributed by atoms with E-state index in [1.807, 2.05) is 62.4 Å². The molecule has 0 spiro atoms. The molecule has 0 radical (unpaired) electrons. The average molecular weight is 377 g/mol. The Bertz CT molecular complexity index is 952. The van der Waals surface area contributed by atoms with E-state index < -0.39 is 0 Å². The van der Waals surface area contributed by atoms with Gasteiger partial charge in [0, 0.05) is 17.7 Å². The lowest BCUT2D eigenvalue weighted by atomic mass is 9.86. The molecule has 0 saturated heterocycles. The van der Waals surface area contributed by atoms with Crippen LogP contribution in [-0.4, -0.2) is 27.5 Å². The van der Waals surface area contributed by atoms with Crippen LogP contribution in [0.15, 0.2) is 53.1 Å². The van der Waals surface area contributed by atoms with Gasteiger partial charge in [-0.1, -0.05) is 61.8 Å². The molecule has 0 aliphatic heterocycles. The van der Waals surface area contributed by atoms with Crippen molar-refractivity contribution in [1.82, 2.24) is 15.0 Å². The molecular weight excluding hydrogens is 350 g/mol. The standard InChI is InChI=1S/C23H27N3O2/c1-6-26(22(27)17-10-12-19(13-11-17)23(3,4)5)15-20-24-21(25-28-20)18-9-7-8-16(2)14-18/h7-14H,6,15H2,1-5H3. The second-order valence-corrected chi connectivity index (χ2v) is 8.03. The predicted octanol–water partition coefficient (Wildman–Crippen LogP) is 5.00. The fourth-order valence-electron chi connectivity index (χ4n) is 3.01. The van der Waals surface area contributed by atoms with Crippen molar-refractivity contribution in [2.75, 3.05) is 6.54 Å². The van der Waals surface area contributed by atoms with Crippen LogP contribution in [0.2, 0.25) is 0 Å². The van der Waals surface area contributed by atoms with Gasteiger partial charge in [-0.05, 0) is 43.0 Å². The first-order valence-corrected chi connectivity index (χ1v) is 9.57.